The van der Waals surface area contributed by atoms with Gasteiger partial charge in [0.1, 0.15) is 11.5 Å². The van der Waals surface area contributed by atoms with Crippen molar-refractivity contribution in [1.29, 1.82) is 0 Å². The number of hydrogen-bond donors (Lipinski definition) is 0. The first-order valence-electron chi connectivity index (χ1n) is 19.8. The molecule has 0 aliphatic carbocycles. The van der Waals surface area contributed by atoms with E-state index in [4.69, 9.17) is 4.74 Å². The molecule has 0 aromatic heterocycles. The summed E-state index contributed by atoms with van der Waals surface area (Å²) in [6.07, 6.45) is 0. The van der Waals surface area contributed by atoms with E-state index < -0.39 is 0 Å². The average molecular weight is 740 g/mol. The summed E-state index contributed by atoms with van der Waals surface area (Å²) >= 11 is 0. The van der Waals surface area contributed by atoms with E-state index in [0.717, 1.165) is 56.4 Å². The van der Waals surface area contributed by atoms with Crippen molar-refractivity contribution in [3.8, 4) is 67.1 Å². The van der Waals surface area contributed by atoms with Crippen molar-refractivity contribution < 1.29 is 4.74 Å². The Balaban J connectivity index is 1.08. The summed E-state index contributed by atoms with van der Waals surface area (Å²) in [6, 6.07) is 80.6. The molecule has 10 aromatic carbocycles. The molecule has 0 unspecified atom stereocenters. The summed E-state index contributed by atoms with van der Waals surface area (Å²) in [4.78, 5) is 2.33. The summed E-state index contributed by atoms with van der Waals surface area (Å²) in [7, 11) is 0. The minimum Gasteiger partial charge on any atom is -0.456 e. The van der Waals surface area contributed by atoms with Gasteiger partial charge in [0.15, 0.2) is 0 Å². The normalized spacial score (nSPS) is 11.6. The standard InChI is InChI=1S/C56H37NO/c1-3-12-38(13-4-1)41-22-27-47(28-23-41)57(48-29-24-40-16-7-8-18-45(40)35-48)49-30-32-52-51-31-25-46(44-20-11-19-43(34-44)39-14-5-2-6-15-39)36-53(51)56-50-21-10-9-17-42(50)26-33-54(56)58-55(52)37-49/h1-37H. The van der Waals surface area contributed by atoms with Gasteiger partial charge in [0.25, 0.3) is 0 Å². The highest BCUT2D eigenvalue weighted by Crippen LogP contribution is 2.52. The summed E-state index contributed by atoms with van der Waals surface area (Å²) in [6.45, 7) is 0. The number of benzene rings is 10. The van der Waals surface area contributed by atoms with Crippen LogP contribution in [-0.4, -0.2) is 0 Å². The largest absolute Gasteiger partial charge is 0.456 e. The van der Waals surface area contributed by atoms with Crippen LogP contribution in [0.1, 0.15) is 0 Å². The van der Waals surface area contributed by atoms with Gasteiger partial charge in [-0.05, 0) is 121 Å². The third kappa shape index (κ3) is 6.00. The number of hydrogen-bond acceptors (Lipinski definition) is 2. The van der Waals surface area contributed by atoms with Crippen LogP contribution in [0.3, 0.4) is 0 Å². The molecule has 11 rings (SSSR count). The highest BCUT2D eigenvalue weighted by atomic mass is 16.5. The van der Waals surface area contributed by atoms with Gasteiger partial charge in [0, 0.05) is 34.3 Å². The lowest BCUT2D eigenvalue weighted by atomic mass is 9.88. The Morgan fingerprint density at radius 2 is 0.810 bits per heavy atom. The van der Waals surface area contributed by atoms with Crippen LogP contribution in [0.2, 0.25) is 0 Å². The van der Waals surface area contributed by atoms with E-state index in [9.17, 15) is 0 Å². The minimum absolute atomic E-state index is 0.818. The van der Waals surface area contributed by atoms with Gasteiger partial charge in [-0.25, -0.2) is 0 Å². The van der Waals surface area contributed by atoms with Gasteiger partial charge in [-0.3, -0.25) is 0 Å². The molecule has 0 saturated carbocycles. The third-order valence-corrected chi connectivity index (χ3v) is 11.4. The fourth-order valence-electron chi connectivity index (χ4n) is 8.56. The lowest BCUT2D eigenvalue weighted by Gasteiger charge is -2.27. The van der Waals surface area contributed by atoms with Gasteiger partial charge in [-0.15, -0.1) is 0 Å². The molecule has 0 saturated heterocycles. The van der Waals surface area contributed by atoms with E-state index >= 15 is 0 Å². The Morgan fingerprint density at radius 1 is 0.276 bits per heavy atom. The average Bonchev–Trinajstić information content (AvgIpc) is 3.44. The molecule has 0 radical (unpaired) electrons. The maximum atomic E-state index is 7.10. The predicted octanol–water partition coefficient (Wildman–Crippen LogP) is 15.9. The van der Waals surface area contributed by atoms with Crippen molar-refractivity contribution >= 4 is 38.6 Å². The van der Waals surface area contributed by atoms with Crippen LogP contribution in [0.25, 0.3) is 77.2 Å². The fourth-order valence-corrected chi connectivity index (χ4v) is 8.56. The monoisotopic (exact) mass is 739 g/mol. The minimum atomic E-state index is 0.818. The van der Waals surface area contributed by atoms with E-state index in [1.54, 1.807) is 0 Å². The van der Waals surface area contributed by atoms with Crippen LogP contribution in [0.5, 0.6) is 11.5 Å². The molecular formula is C56H37NO. The molecule has 0 fully saturated rings. The van der Waals surface area contributed by atoms with Gasteiger partial charge >= 0.3 is 0 Å². The molecule has 1 aliphatic heterocycles. The van der Waals surface area contributed by atoms with Gasteiger partial charge in [0.05, 0.1) is 0 Å². The van der Waals surface area contributed by atoms with Gasteiger partial charge in [-0.1, -0.05) is 164 Å². The molecule has 2 nitrogen and oxygen atoms in total. The van der Waals surface area contributed by atoms with Crippen LogP contribution in [0.4, 0.5) is 17.1 Å². The molecule has 1 aliphatic rings. The maximum Gasteiger partial charge on any atom is 0.137 e. The van der Waals surface area contributed by atoms with Gasteiger partial charge in [-0.2, -0.15) is 0 Å². The number of fused-ring (bicyclic) bond motifs is 8. The molecule has 58 heavy (non-hydrogen) atoms. The van der Waals surface area contributed by atoms with Crippen molar-refractivity contribution in [2.24, 2.45) is 0 Å². The molecule has 0 atom stereocenters. The maximum absolute atomic E-state index is 7.10. The first kappa shape index (κ1) is 33.6. The van der Waals surface area contributed by atoms with E-state index in [2.05, 4.69) is 229 Å². The Kier molecular flexibility index (Phi) is 8.19. The first-order valence-corrected chi connectivity index (χ1v) is 19.8. The molecular weight excluding hydrogens is 703 g/mol. The quantitative estimate of drug-likeness (QED) is 0.168. The molecule has 0 N–H and O–H groups in total. The van der Waals surface area contributed by atoms with Gasteiger partial charge in [0.2, 0.25) is 0 Å². The third-order valence-electron chi connectivity index (χ3n) is 11.4. The van der Waals surface area contributed by atoms with Gasteiger partial charge < -0.3 is 9.64 Å². The van der Waals surface area contributed by atoms with Crippen molar-refractivity contribution in [1.82, 2.24) is 0 Å². The smallest absolute Gasteiger partial charge is 0.137 e. The summed E-state index contributed by atoms with van der Waals surface area (Å²) in [5.41, 5.74) is 14.7. The van der Waals surface area contributed by atoms with Crippen molar-refractivity contribution in [3.63, 3.8) is 0 Å². The first-order chi connectivity index (χ1) is 28.7. The number of anilines is 3. The predicted molar refractivity (Wildman–Crippen MR) is 243 cm³/mol. The van der Waals surface area contributed by atoms with Crippen molar-refractivity contribution in [2.45, 2.75) is 0 Å². The molecule has 272 valence electrons. The van der Waals surface area contributed by atoms with E-state index in [1.807, 2.05) is 0 Å². The van der Waals surface area contributed by atoms with Crippen LogP contribution in [0, 0.1) is 0 Å². The lowest BCUT2D eigenvalue weighted by molar-refractivity contribution is 0.488. The van der Waals surface area contributed by atoms with Crippen LogP contribution in [0.15, 0.2) is 224 Å². The lowest BCUT2D eigenvalue weighted by Crippen LogP contribution is -2.10. The number of nitrogens with zero attached hydrogens (tertiary/aromatic N) is 1. The van der Waals surface area contributed by atoms with Crippen LogP contribution < -0.4 is 9.64 Å². The SMILES string of the molecule is c1ccc(-c2ccc(N(c3ccc4c(c3)Oc3ccc5ccccc5c3-c3cc(-c5cccc(-c6ccccc6)c5)ccc3-4)c3ccc4ccccc4c3)cc2)cc1. The second kappa shape index (κ2) is 14.1. The molecule has 1 heterocycles. The van der Waals surface area contributed by atoms with E-state index in [-0.39, 0.29) is 0 Å². The van der Waals surface area contributed by atoms with E-state index in [0.29, 0.717) is 0 Å². The molecule has 2 heteroatoms. The zero-order chi connectivity index (χ0) is 38.4. The molecule has 0 amide bonds. The summed E-state index contributed by atoms with van der Waals surface area (Å²) in [5.74, 6) is 1.66. The Bertz CT molecular complexity index is 3130. The Labute approximate surface area is 338 Å². The highest BCUT2D eigenvalue weighted by Gasteiger charge is 2.25. The summed E-state index contributed by atoms with van der Waals surface area (Å²) in [5, 5.41) is 4.75. The molecule has 10 aromatic rings. The molecule has 0 bridgehead atoms. The fraction of sp³-hybridized carbons (Fsp3) is 0. The van der Waals surface area contributed by atoms with Crippen LogP contribution >= 0.6 is 0 Å². The van der Waals surface area contributed by atoms with Crippen LogP contribution in [-0.2, 0) is 0 Å². The van der Waals surface area contributed by atoms with Crippen molar-refractivity contribution in [3.05, 3.63) is 224 Å². The zero-order valence-electron chi connectivity index (χ0n) is 31.7. The highest BCUT2D eigenvalue weighted by molar-refractivity contribution is 6.06. The Hall–Kier alpha value is -7.68. The number of ether oxygens (including phenoxy) is 1. The second-order valence-electron chi connectivity index (χ2n) is 14.9. The van der Waals surface area contributed by atoms with Crippen molar-refractivity contribution in [2.75, 3.05) is 4.90 Å². The van der Waals surface area contributed by atoms with E-state index in [1.165, 1.54) is 49.4 Å². The number of rotatable bonds is 6. The topological polar surface area (TPSA) is 12.5 Å². The molecule has 0 spiro atoms. The second-order valence-corrected chi connectivity index (χ2v) is 14.9. The Morgan fingerprint density at radius 3 is 1.60 bits per heavy atom. The zero-order valence-corrected chi connectivity index (χ0v) is 31.7. The summed E-state index contributed by atoms with van der Waals surface area (Å²) < 4.78 is 7.10.